The smallest absolute Gasteiger partial charge is 0.336 e. The van der Waals surface area contributed by atoms with Crippen molar-refractivity contribution in [3.05, 3.63) is 17.5 Å². The summed E-state index contributed by atoms with van der Waals surface area (Å²) in [7, 11) is 0. The maximum Gasteiger partial charge on any atom is 0.336 e. The van der Waals surface area contributed by atoms with Gasteiger partial charge >= 0.3 is 12.0 Å². The van der Waals surface area contributed by atoms with Gasteiger partial charge in [0.05, 0.1) is 24.5 Å². The molecule has 2 aromatic heterocycles. The van der Waals surface area contributed by atoms with Crippen LogP contribution in [0.3, 0.4) is 0 Å². The molecule has 8 heteroatoms. The van der Waals surface area contributed by atoms with Gasteiger partial charge < -0.3 is 9.47 Å². The first-order chi connectivity index (χ1) is 11.7. The number of hydrogen-bond donors (Lipinski definition) is 0. The number of rotatable bonds is 9. The van der Waals surface area contributed by atoms with E-state index in [1.807, 2.05) is 17.5 Å². The first kappa shape index (κ1) is 18.1. The van der Waals surface area contributed by atoms with E-state index in [2.05, 4.69) is 17.0 Å². The molecule has 0 bridgehead atoms. The molecule has 130 valence electrons. The molecular weight excluding hydrogens is 330 g/mol. The normalized spacial score (nSPS) is 10.6. The Morgan fingerprint density at radius 2 is 2.12 bits per heavy atom. The second-order valence-corrected chi connectivity index (χ2v) is 5.96. The fraction of sp³-hybridized carbons (Fsp3) is 0.500. The van der Waals surface area contributed by atoms with E-state index < -0.39 is 5.97 Å². The SMILES string of the molecule is CCCCOc1nc(-c2cccs2)n(C(=O)CCC(=O)OCC)n1. The van der Waals surface area contributed by atoms with Gasteiger partial charge in [-0.2, -0.15) is 9.67 Å². The molecule has 0 spiro atoms. The third-order valence-corrected chi connectivity index (χ3v) is 4.01. The summed E-state index contributed by atoms with van der Waals surface area (Å²) in [6, 6.07) is 3.91. The summed E-state index contributed by atoms with van der Waals surface area (Å²) in [4.78, 5) is 29.0. The van der Waals surface area contributed by atoms with E-state index in [9.17, 15) is 9.59 Å². The van der Waals surface area contributed by atoms with E-state index in [0.717, 1.165) is 17.7 Å². The van der Waals surface area contributed by atoms with E-state index in [1.165, 1.54) is 16.0 Å². The van der Waals surface area contributed by atoms with Crippen LogP contribution in [-0.4, -0.2) is 39.9 Å². The maximum absolute atomic E-state index is 12.4. The minimum atomic E-state index is -0.400. The average molecular weight is 351 g/mol. The quantitative estimate of drug-likeness (QED) is 0.510. The number of thiophene rings is 1. The van der Waals surface area contributed by atoms with Crippen molar-refractivity contribution in [2.75, 3.05) is 13.2 Å². The number of ether oxygens (including phenoxy) is 2. The van der Waals surface area contributed by atoms with Crippen LogP contribution >= 0.6 is 11.3 Å². The summed E-state index contributed by atoms with van der Waals surface area (Å²) in [5.41, 5.74) is 0. The third-order valence-electron chi connectivity index (χ3n) is 3.14. The van der Waals surface area contributed by atoms with E-state index in [1.54, 1.807) is 6.92 Å². The zero-order valence-electron chi connectivity index (χ0n) is 13.9. The van der Waals surface area contributed by atoms with Crippen LogP contribution in [0.4, 0.5) is 0 Å². The fourth-order valence-electron chi connectivity index (χ4n) is 1.95. The van der Waals surface area contributed by atoms with E-state index in [-0.39, 0.29) is 24.8 Å². The Kier molecular flexibility index (Phi) is 6.92. The van der Waals surface area contributed by atoms with Gasteiger partial charge in [-0.3, -0.25) is 9.59 Å². The summed E-state index contributed by atoms with van der Waals surface area (Å²) in [6.07, 6.45) is 1.91. The van der Waals surface area contributed by atoms with Gasteiger partial charge in [0.2, 0.25) is 5.91 Å². The van der Waals surface area contributed by atoms with Crippen molar-refractivity contribution in [1.82, 2.24) is 14.8 Å². The maximum atomic E-state index is 12.4. The standard InChI is InChI=1S/C16H21N3O4S/c1-3-5-10-23-16-17-15(12-7-6-11-24-12)19(18-16)13(20)8-9-14(21)22-4-2/h6-7,11H,3-5,8-10H2,1-2H3. The molecule has 7 nitrogen and oxygen atoms in total. The monoisotopic (exact) mass is 351 g/mol. The van der Waals surface area contributed by atoms with Crippen molar-refractivity contribution in [1.29, 1.82) is 0 Å². The molecule has 0 N–H and O–H groups in total. The van der Waals surface area contributed by atoms with Gasteiger partial charge in [-0.1, -0.05) is 19.4 Å². The van der Waals surface area contributed by atoms with Crippen molar-refractivity contribution in [2.24, 2.45) is 0 Å². The average Bonchev–Trinajstić information content (AvgIpc) is 3.22. The zero-order chi connectivity index (χ0) is 17.4. The molecule has 0 aliphatic heterocycles. The van der Waals surface area contributed by atoms with Crippen LogP contribution < -0.4 is 4.74 Å². The second kappa shape index (κ2) is 9.17. The first-order valence-corrected chi connectivity index (χ1v) is 8.86. The van der Waals surface area contributed by atoms with Gasteiger partial charge in [0, 0.05) is 6.42 Å². The Labute approximate surface area is 144 Å². The topological polar surface area (TPSA) is 83.3 Å². The number of nitrogens with zero attached hydrogens (tertiary/aromatic N) is 3. The first-order valence-electron chi connectivity index (χ1n) is 7.98. The van der Waals surface area contributed by atoms with Crippen LogP contribution in [0.15, 0.2) is 17.5 Å². The van der Waals surface area contributed by atoms with Gasteiger partial charge in [0.25, 0.3) is 0 Å². The molecule has 24 heavy (non-hydrogen) atoms. The molecule has 0 aliphatic rings. The summed E-state index contributed by atoms with van der Waals surface area (Å²) < 4.78 is 11.6. The number of hydrogen-bond acceptors (Lipinski definition) is 7. The summed E-state index contributed by atoms with van der Waals surface area (Å²) in [5.74, 6) is -0.280. The molecule has 2 rings (SSSR count). The molecule has 0 unspecified atom stereocenters. The van der Waals surface area contributed by atoms with Gasteiger partial charge in [0.15, 0.2) is 5.82 Å². The van der Waals surface area contributed by atoms with Crippen molar-refractivity contribution in [3.63, 3.8) is 0 Å². The zero-order valence-corrected chi connectivity index (χ0v) is 14.7. The molecule has 2 aromatic rings. The highest BCUT2D eigenvalue weighted by molar-refractivity contribution is 7.13. The van der Waals surface area contributed by atoms with Gasteiger partial charge in [-0.25, -0.2) is 0 Å². The van der Waals surface area contributed by atoms with Crippen LogP contribution in [0.2, 0.25) is 0 Å². The van der Waals surface area contributed by atoms with Crippen LogP contribution in [0.1, 0.15) is 44.3 Å². The largest absolute Gasteiger partial charge is 0.466 e. The lowest BCUT2D eigenvalue weighted by Crippen LogP contribution is -2.16. The summed E-state index contributed by atoms with van der Waals surface area (Å²) in [6.45, 7) is 4.59. The molecule has 0 amide bonds. The Morgan fingerprint density at radius 1 is 1.29 bits per heavy atom. The highest BCUT2D eigenvalue weighted by Gasteiger charge is 2.20. The number of unbranched alkanes of at least 4 members (excludes halogenated alkanes) is 1. The van der Waals surface area contributed by atoms with Crippen LogP contribution in [0.25, 0.3) is 10.7 Å². The predicted octanol–water partition coefficient (Wildman–Crippen LogP) is 3.17. The van der Waals surface area contributed by atoms with Crippen molar-refractivity contribution in [3.8, 4) is 16.7 Å². The Bertz CT molecular complexity index is 667. The minimum absolute atomic E-state index is 0.00890. The third kappa shape index (κ3) is 4.89. The van der Waals surface area contributed by atoms with Crippen molar-refractivity contribution >= 4 is 23.2 Å². The minimum Gasteiger partial charge on any atom is -0.466 e. The molecule has 0 fully saturated rings. The highest BCUT2D eigenvalue weighted by Crippen LogP contribution is 2.25. The number of carbonyl (C=O) groups excluding carboxylic acids is 2. The van der Waals surface area contributed by atoms with E-state index in [4.69, 9.17) is 9.47 Å². The molecular formula is C16H21N3O4S. The Balaban J connectivity index is 2.13. The lowest BCUT2D eigenvalue weighted by atomic mass is 10.3. The molecule has 0 radical (unpaired) electrons. The van der Waals surface area contributed by atoms with Crippen molar-refractivity contribution in [2.45, 2.75) is 39.5 Å². The highest BCUT2D eigenvalue weighted by atomic mass is 32.1. The van der Waals surface area contributed by atoms with E-state index >= 15 is 0 Å². The van der Waals surface area contributed by atoms with Crippen LogP contribution in [0, 0.1) is 0 Å². The van der Waals surface area contributed by atoms with Gasteiger partial charge in [-0.05, 0) is 24.8 Å². The summed E-state index contributed by atoms with van der Waals surface area (Å²) >= 11 is 1.46. The lowest BCUT2D eigenvalue weighted by molar-refractivity contribution is -0.143. The predicted molar refractivity (Wildman–Crippen MR) is 90.2 cm³/mol. The molecule has 0 aliphatic carbocycles. The van der Waals surface area contributed by atoms with Gasteiger partial charge in [-0.15, -0.1) is 16.4 Å². The summed E-state index contributed by atoms with van der Waals surface area (Å²) in [5, 5.41) is 6.05. The Morgan fingerprint density at radius 3 is 2.79 bits per heavy atom. The van der Waals surface area contributed by atoms with Crippen molar-refractivity contribution < 1.29 is 19.1 Å². The molecule has 0 saturated heterocycles. The molecule has 0 atom stereocenters. The number of carbonyl (C=O) groups is 2. The molecule has 0 saturated carbocycles. The number of aromatic nitrogens is 3. The molecule has 2 heterocycles. The van der Waals surface area contributed by atoms with E-state index in [0.29, 0.717) is 19.0 Å². The van der Waals surface area contributed by atoms with Gasteiger partial charge in [0.1, 0.15) is 0 Å². The number of esters is 1. The molecule has 0 aromatic carbocycles. The lowest BCUT2D eigenvalue weighted by Gasteiger charge is -2.03. The fourth-order valence-corrected chi connectivity index (χ4v) is 2.65. The van der Waals surface area contributed by atoms with Crippen LogP contribution in [-0.2, 0) is 9.53 Å². The Hall–Kier alpha value is -2.22. The second-order valence-electron chi connectivity index (χ2n) is 5.01. The van der Waals surface area contributed by atoms with Crippen LogP contribution in [0.5, 0.6) is 6.01 Å².